The highest BCUT2D eigenvalue weighted by atomic mass is 35.5. The topological polar surface area (TPSA) is 115 Å². The molecular formula is C26H31ClN6O4. The standard InChI is InChI=1S/C26H31ClN6O4/c1-17-8-13-22(37-17)25-29-31-33(30-25)16-23(34)32(15-21-7-4-14-36-21)24(18-9-11-19(27)12-10-18)26(35)28-20-5-2-3-6-20/h8-13,20-21,24H,2-7,14-16H2,1H3,(H,28,35)/t21-,24+/m1/s1. The van der Waals surface area contributed by atoms with Gasteiger partial charge in [0.05, 0.1) is 6.10 Å². The van der Waals surface area contributed by atoms with E-state index in [0.717, 1.165) is 44.3 Å². The molecule has 3 aromatic rings. The Labute approximate surface area is 220 Å². The van der Waals surface area contributed by atoms with Crippen molar-refractivity contribution in [1.82, 2.24) is 30.4 Å². The number of ether oxygens (including phenoxy) is 1. The summed E-state index contributed by atoms with van der Waals surface area (Å²) in [5, 5.41) is 16.1. The molecule has 0 bridgehead atoms. The largest absolute Gasteiger partial charge is 0.458 e. The third kappa shape index (κ3) is 6.19. The molecule has 196 valence electrons. The summed E-state index contributed by atoms with van der Waals surface area (Å²) in [5.41, 5.74) is 0.685. The lowest BCUT2D eigenvalue weighted by molar-refractivity contribution is -0.143. The number of tetrazole rings is 1. The number of furan rings is 1. The van der Waals surface area contributed by atoms with Crippen molar-refractivity contribution in [2.75, 3.05) is 13.2 Å². The van der Waals surface area contributed by atoms with Crippen molar-refractivity contribution in [2.45, 2.75) is 70.2 Å². The minimum atomic E-state index is -0.842. The first-order chi connectivity index (χ1) is 18.0. The maximum absolute atomic E-state index is 13.8. The van der Waals surface area contributed by atoms with Crippen molar-refractivity contribution in [3.8, 4) is 11.6 Å². The van der Waals surface area contributed by atoms with Crippen molar-refractivity contribution in [2.24, 2.45) is 0 Å². The van der Waals surface area contributed by atoms with Crippen LogP contribution >= 0.6 is 11.6 Å². The summed E-state index contributed by atoms with van der Waals surface area (Å²) in [4.78, 5) is 30.3. The van der Waals surface area contributed by atoms with E-state index >= 15 is 0 Å². The minimum Gasteiger partial charge on any atom is -0.458 e. The van der Waals surface area contributed by atoms with Crippen LogP contribution in [0.3, 0.4) is 0 Å². The molecular weight excluding hydrogens is 496 g/mol. The van der Waals surface area contributed by atoms with Gasteiger partial charge in [-0.25, -0.2) is 0 Å². The Balaban J connectivity index is 1.42. The van der Waals surface area contributed by atoms with Crippen molar-refractivity contribution in [1.29, 1.82) is 0 Å². The molecule has 0 unspecified atom stereocenters. The lowest BCUT2D eigenvalue weighted by Crippen LogP contribution is -2.49. The number of aryl methyl sites for hydroxylation is 1. The zero-order valence-corrected chi connectivity index (χ0v) is 21.6. The predicted octanol–water partition coefficient (Wildman–Crippen LogP) is 3.70. The number of aromatic nitrogens is 4. The number of nitrogens with zero attached hydrogens (tertiary/aromatic N) is 5. The van der Waals surface area contributed by atoms with Crippen molar-refractivity contribution < 1.29 is 18.7 Å². The second-order valence-electron chi connectivity index (χ2n) is 9.68. The summed E-state index contributed by atoms with van der Waals surface area (Å²) in [6, 6.07) is 9.89. The quantitative estimate of drug-likeness (QED) is 0.452. The number of carbonyl (C=O) groups is 2. The Morgan fingerprint density at radius 1 is 1.14 bits per heavy atom. The van der Waals surface area contributed by atoms with Crippen molar-refractivity contribution in [3.63, 3.8) is 0 Å². The van der Waals surface area contributed by atoms with Gasteiger partial charge in [-0.3, -0.25) is 9.59 Å². The van der Waals surface area contributed by atoms with Crippen LogP contribution in [0.5, 0.6) is 0 Å². The fourth-order valence-electron chi connectivity index (χ4n) is 5.00. The fraction of sp³-hybridized carbons (Fsp3) is 0.500. The number of halogens is 1. The van der Waals surface area contributed by atoms with Gasteiger partial charge in [0.25, 0.3) is 0 Å². The van der Waals surface area contributed by atoms with Crippen LogP contribution in [0.25, 0.3) is 11.6 Å². The second kappa shape index (κ2) is 11.4. The number of hydrogen-bond donors (Lipinski definition) is 1. The summed E-state index contributed by atoms with van der Waals surface area (Å²) in [6.45, 7) is 2.57. The summed E-state index contributed by atoms with van der Waals surface area (Å²) in [5.74, 6) is 0.974. The van der Waals surface area contributed by atoms with Gasteiger partial charge in [-0.2, -0.15) is 4.80 Å². The molecule has 10 nitrogen and oxygen atoms in total. The summed E-state index contributed by atoms with van der Waals surface area (Å²) < 4.78 is 11.4. The lowest BCUT2D eigenvalue weighted by atomic mass is 10.0. The predicted molar refractivity (Wildman–Crippen MR) is 136 cm³/mol. The van der Waals surface area contributed by atoms with Crippen LogP contribution in [0.15, 0.2) is 40.8 Å². The summed E-state index contributed by atoms with van der Waals surface area (Å²) in [6.07, 6.45) is 5.65. The van der Waals surface area contributed by atoms with E-state index in [1.807, 2.05) is 13.0 Å². The highest BCUT2D eigenvalue weighted by Gasteiger charge is 2.35. The average Bonchev–Trinajstić information content (AvgIpc) is 3.69. The molecule has 1 saturated heterocycles. The number of amides is 2. The number of hydrogen-bond acceptors (Lipinski definition) is 7. The van der Waals surface area contributed by atoms with Crippen molar-refractivity contribution in [3.05, 3.63) is 52.7 Å². The van der Waals surface area contributed by atoms with Crippen LogP contribution in [0, 0.1) is 6.92 Å². The first kappa shape index (κ1) is 25.4. The highest BCUT2D eigenvalue weighted by Crippen LogP contribution is 2.28. The molecule has 2 aromatic heterocycles. The highest BCUT2D eigenvalue weighted by molar-refractivity contribution is 6.30. The van der Waals surface area contributed by atoms with Gasteiger partial charge < -0.3 is 19.4 Å². The van der Waals surface area contributed by atoms with E-state index in [1.54, 1.807) is 35.2 Å². The van der Waals surface area contributed by atoms with E-state index in [1.165, 1.54) is 4.80 Å². The van der Waals surface area contributed by atoms with E-state index < -0.39 is 6.04 Å². The van der Waals surface area contributed by atoms with Gasteiger partial charge in [-0.15, -0.1) is 10.2 Å². The molecule has 2 fully saturated rings. The fourth-order valence-corrected chi connectivity index (χ4v) is 5.13. The molecule has 2 amide bonds. The third-order valence-electron chi connectivity index (χ3n) is 6.88. The number of nitrogens with one attached hydrogen (secondary N) is 1. The first-order valence-corrected chi connectivity index (χ1v) is 13.2. The molecule has 1 aliphatic heterocycles. The van der Waals surface area contributed by atoms with Crippen LogP contribution in [-0.2, 0) is 20.9 Å². The third-order valence-corrected chi connectivity index (χ3v) is 7.13. The van der Waals surface area contributed by atoms with Crippen LogP contribution in [0.2, 0.25) is 5.02 Å². The Kier molecular flexibility index (Phi) is 7.85. The molecule has 0 radical (unpaired) electrons. The molecule has 2 atom stereocenters. The van der Waals surface area contributed by atoms with Crippen LogP contribution in [0.4, 0.5) is 0 Å². The van der Waals surface area contributed by atoms with E-state index in [2.05, 4.69) is 20.7 Å². The van der Waals surface area contributed by atoms with E-state index in [0.29, 0.717) is 28.8 Å². The van der Waals surface area contributed by atoms with Gasteiger partial charge in [-0.05, 0) is 67.6 Å². The zero-order valence-electron chi connectivity index (χ0n) is 20.8. The lowest BCUT2D eigenvalue weighted by Gasteiger charge is -2.33. The minimum absolute atomic E-state index is 0.110. The van der Waals surface area contributed by atoms with Crippen LogP contribution < -0.4 is 5.32 Å². The van der Waals surface area contributed by atoms with Crippen LogP contribution in [-0.4, -0.2) is 62.2 Å². The molecule has 11 heteroatoms. The van der Waals surface area contributed by atoms with E-state index in [-0.39, 0.29) is 37.0 Å². The molecule has 3 heterocycles. The average molecular weight is 527 g/mol. The molecule has 1 aromatic carbocycles. The molecule has 1 saturated carbocycles. The second-order valence-corrected chi connectivity index (χ2v) is 10.1. The summed E-state index contributed by atoms with van der Waals surface area (Å²) in [7, 11) is 0. The Morgan fingerprint density at radius 2 is 1.92 bits per heavy atom. The van der Waals surface area contributed by atoms with Gasteiger partial charge >= 0.3 is 0 Å². The number of benzene rings is 1. The number of carbonyl (C=O) groups excluding carboxylic acids is 2. The van der Waals surface area contributed by atoms with E-state index in [9.17, 15) is 9.59 Å². The molecule has 0 spiro atoms. The molecule has 2 aliphatic rings. The van der Waals surface area contributed by atoms with Crippen molar-refractivity contribution >= 4 is 23.4 Å². The maximum Gasteiger partial charge on any atom is 0.247 e. The smallest absolute Gasteiger partial charge is 0.247 e. The number of rotatable bonds is 9. The molecule has 1 aliphatic carbocycles. The Bertz CT molecular complexity index is 1210. The monoisotopic (exact) mass is 526 g/mol. The van der Waals surface area contributed by atoms with Gasteiger partial charge in [0.2, 0.25) is 17.6 Å². The van der Waals surface area contributed by atoms with Gasteiger partial charge in [0, 0.05) is 24.2 Å². The molecule has 5 rings (SSSR count). The van der Waals surface area contributed by atoms with Crippen LogP contribution in [0.1, 0.15) is 55.9 Å². The zero-order chi connectivity index (χ0) is 25.8. The van der Waals surface area contributed by atoms with Gasteiger partial charge in [-0.1, -0.05) is 36.6 Å². The maximum atomic E-state index is 13.8. The molecule has 37 heavy (non-hydrogen) atoms. The SMILES string of the molecule is Cc1ccc(-c2nnn(CC(=O)N(C[C@H]3CCCO3)[C@H](C(=O)NC3CCCC3)c3ccc(Cl)cc3)n2)o1. The summed E-state index contributed by atoms with van der Waals surface area (Å²) >= 11 is 6.14. The molecule has 1 N–H and O–H groups in total. The van der Waals surface area contributed by atoms with Gasteiger partial charge in [0.15, 0.2) is 5.76 Å². The Morgan fingerprint density at radius 3 is 2.59 bits per heavy atom. The van der Waals surface area contributed by atoms with E-state index in [4.69, 9.17) is 20.8 Å². The Hall–Kier alpha value is -3.24. The normalized spacial score (nSPS) is 18.7. The van der Waals surface area contributed by atoms with Gasteiger partial charge in [0.1, 0.15) is 18.3 Å². The first-order valence-electron chi connectivity index (χ1n) is 12.8.